The van der Waals surface area contributed by atoms with Crippen LogP contribution in [-0.4, -0.2) is 56.4 Å². The van der Waals surface area contributed by atoms with E-state index in [0.29, 0.717) is 31.6 Å². The van der Waals surface area contributed by atoms with Gasteiger partial charge in [-0.1, -0.05) is 19.9 Å². The summed E-state index contributed by atoms with van der Waals surface area (Å²) < 4.78 is 24.2. The molecule has 1 heterocycles. The molecule has 0 N–H and O–H groups in total. The minimum Gasteiger partial charge on any atom is -0.462 e. The Kier molecular flexibility index (Phi) is 4.92. The lowest BCUT2D eigenvalue weighted by Gasteiger charge is -2.69. The molecule has 5 rings (SSSR count). The average molecular weight is 447 g/mol. The van der Waals surface area contributed by atoms with Crippen LogP contribution < -0.4 is 0 Å². The number of esters is 2. The Morgan fingerprint density at radius 1 is 1.09 bits per heavy atom. The summed E-state index contributed by atoms with van der Waals surface area (Å²) in [5, 5.41) is 0. The van der Waals surface area contributed by atoms with Crippen molar-refractivity contribution in [3.05, 3.63) is 12.2 Å². The molecular formula is C25H34O7. The molecule has 0 radical (unpaired) electrons. The molecule has 5 aliphatic rings. The van der Waals surface area contributed by atoms with Crippen LogP contribution in [0.3, 0.4) is 0 Å². The van der Waals surface area contributed by atoms with E-state index in [1.54, 1.807) is 7.11 Å². The van der Waals surface area contributed by atoms with Gasteiger partial charge in [-0.25, -0.2) is 0 Å². The van der Waals surface area contributed by atoms with Crippen LogP contribution in [0, 0.1) is 34.0 Å². The summed E-state index contributed by atoms with van der Waals surface area (Å²) >= 11 is 0. The zero-order valence-electron chi connectivity index (χ0n) is 19.5. The fourth-order valence-corrected chi connectivity index (χ4v) is 8.80. The molecule has 7 nitrogen and oxygen atoms in total. The van der Waals surface area contributed by atoms with Crippen LogP contribution in [-0.2, 0) is 33.3 Å². The summed E-state index contributed by atoms with van der Waals surface area (Å²) in [4.78, 5) is 38.5. The number of carbonyl (C=O) groups excluding carboxylic acids is 3. The molecule has 0 aromatic rings. The van der Waals surface area contributed by atoms with E-state index in [9.17, 15) is 14.4 Å². The minimum atomic E-state index is -1.12. The Morgan fingerprint density at radius 3 is 2.47 bits per heavy atom. The third-order valence-electron chi connectivity index (χ3n) is 9.57. The van der Waals surface area contributed by atoms with Crippen LogP contribution in [0.2, 0.25) is 0 Å². The lowest BCUT2D eigenvalue weighted by atomic mass is 9.38. The van der Waals surface area contributed by atoms with Gasteiger partial charge in [-0.3, -0.25) is 14.4 Å². The van der Waals surface area contributed by atoms with E-state index < -0.39 is 29.7 Å². The summed E-state index contributed by atoms with van der Waals surface area (Å²) in [6.07, 6.45) is 2.53. The minimum absolute atomic E-state index is 0.0257. The van der Waals surface area contributed by atoms with E-state index in [4.69, 9.17) is 18.9 Å². The van der Waals surface area contributed by atoms with Gasteiger partial charge >= 0.3 is 11.9 Å². The molecule has 1 aliphatic heterocycles. The highest BCUT2D eigenvalue weighted by atomic mass is 16.6. The maximum atomic E-state index is 14.1. The molecule has 0 aromatic carbocycles. The van der Waals surface area contributed by atoms with Crippen molar-refractivity contribution >= 4 is 17.7 Å². The summed E-state index contributed by atoms with van der Waals surface area (Å²) in [5.74, 6) is -1.34. The lowest BCUT2D eigenvalue weighted by molar-refractivity contribution is -0.299. The predicted molar refractivity (Wildman–Crippen MR) is 113 cm³/mol. The lowest BCUT2D eigenvalue weighted by Crippen LogP contribution is -2.74. The number of hydrogen-bond acceptors (Lipinski definition) is 7. The van der Waals surface area contributed by atoms with Crippen LogP contribution in [0.25, 0.3) is 0 Å². The number of methoxy groups -OCH3 is 1. The van der Waals surface area contributed by atoms with Gasteiger partial charge in [0.15, 0.2) is 5.78 Å². The van der Waals surface area contributed by atoms with Crippen LogP contribution in [0.4, 0.5) is 0 Å². The molecule has 4 saturated carbocycles. The SMILES string of the molecule is C=C1C(=O)C23[C@@H](OC)C[C@@H]4[C@@]5(C)CCC[C@@]4(COC5)[C@@H]2[C@@H](OC(C)=O)C[C@@H]1[C@H]3OC(C)=O. The summed E-state index contributed by atoms with van der Waals surface area (Å²) in [7, 11) is 1.63. The molecular weight excluding hydrogens is 412 g/mol. The Balaban J connectivity index is 1.76. The van der Waals surface area contributed by atoms with Gasteiger partial charge in [-0.05, 0) is 42.6 Å². The molecule has 176 valence electrons. The summed E-state index contributed by atoms with van der Waals surface area (Å²) in [5.41, 5.74) is -1.02. The van der Waals surface area contributed by atoms with E-state index in [1.807, 2.05) is 0 Å². The van der Waals surface area contributed by atoms with Crippen molar-refractivity contribution in [2.45, 2.75) is 71.2 Å². The highest BCUT2D eigenvalue weighted by Gasteiger charge is 2.80. The quantitative estimate of drug-likeness (QED) is 0.487. The van der Waals surface area contributed by atoms with Gasteiger partial charge in [0.1, 0.15) is 17.6 Å². The number of fused-ring (bicyclic) bond motifs is 1. The number of Topliss-reactive ketones (excluding diaryl/α,β-unsaturated/α-hetero) is 1. The Labute approximate surface area is 189 Å². The molecule has 1 saturated heterocycles. The van der Waals surface area contributed by atoms with Crippen molar-refractivity contribution in [3.63, 3.8) is 0 Å². The fraction of sp³-hybridized carbons (Fsp3) is 0.800. The van der Waals surface area contributed by atoms with Crippen molar-refractivity contribution in [1.29, 1.82) is 0 Å². The third-order valence-corrected chi connectivity index (χ3v) is 9.57. The Morgan fingerprint density at radius 2 is 1.81 bits per heavy atom. The van der Waals surface area contributed by atoms with Crippen LogP contribution in [0.1, 0.15) is 52.9 Å². The normalized spacial score (nSPS) is 49.1. The van der Waals surface area contributed by atoms with Crippen molar-refractivity contribution in [2.75, 3.05) is 20.3 Å². The van der Waals surface area contributed by atoms with E-state index in [2.05, 4.69) is 13.5 Å². The van der Waals surface area contributed by atoms with Gasteiger partial charge in [0.2, 0.25) is 0 Å². The molecule has 9 atom stereocenters. The highest BCUT2D eigenvalue weighted by molar-refractivity contribution is 6.05. The molecule has 7 heteroatoms. The smallest absolute Gasteiger partial charge is 0.302 e. The number of ether oxygens (including phenoxy) is 4. The third kappa shape index (κ3) is 2.58. The van der Waals surface area contributed by atoms with Crippen molar-refractivity contribution in [1.82, 2.24) is 0 Å². The predicted octanol–water partition coefficient (Wildman–Crippen LogP) is 2.85. The fourth-order valence-electron chi connectivity index (χ4n) is 8.80. The number of hydrogen-bond donors (Lipinski definition) is 0. The first-order chi connectivity index (χ1) is 15.1. The van der Waals surface area contributed by atoms with Gasteiger partial charge in [0.05, 0.1) is 19.3 Å². The summed E-state index contributed by atoms with van der Waals surface area (Å²) in [6, 6.07) is 0. The number of carbonyl (C=O) groups is 3. The second-order valence-corrected chi connectivity index (χ2v) is 11.0. The van der Waals surface area contributed by atoms with Gasteiger partial charge in [-0.2, -0.15) is 0 Å². The average Bonchev–Trinajstić information content (AvgIpc) is 2.83. The monoisotopic (exact) mass is 446 g/mol. The van der Waals surface area contributed by atoms with Gasteiger partial charge in [-0.15, -0.1) is 0 Å². The Hall–Kier alpha value is -1.73. The highest BCUT2D eigenvalue weighted by Crippen LogP contribution is 2.73. The van der Waals surface area contributed by atoms with E-state index in [0.717, 1.165) is 19.3 Å². The number of rotatable bonds is 3. The van der Waals surface area contributed by atoms with Gasteiger partial charge in [0, 0.05) is 38.2 Å². The molecule has 5 fully saturated rings. The maximum Gasteiger partial charge on any atom is 0.302 e. The van der Waals surface area contributed by atoms with E-state index in [1.165, 1.54) is 13.8 Å². The molecule has 32 heavy (non-hydrogen) atoms. The van der Waals surface area contributed by atoms with Gasteiger partial charge in [0.25, 0.3) is 0 Å². The van der Waals surface area contributed by atoms with Crippen molar-refractivity contribution < 1.29 is 33.3 Å². The molecule has 1 unspecified atom stereocenters. The molecule has 4 aliphatic carbocycles. The summed E-state index contributed by atoms with van der Waals surface area (Å²) in [6.45, 7) is 10.4. The Bertz CT molecular complexity index is 868. The number of ketones is 1. The van der Waals surface area contributed by atoms with E-state index >= 15 is 0 Å². The maximum absolute atomic E-state index is 14.1. The van der Waals surface area contributed by atoms with E-state index in [-0.39, 0.29) is 40.3 Å². The molecule has 0 amide bonds. The van der Waals surface area contributed by atoms with Crippen LogP contribution in [0.15, 0.2) is 12.2 Å². The first kappa shape index (κ1) is 22.1. The second-order valence-electron chi connectivity index (χ2n) is 11.0. The first-order valence-electron chi connectivity index (χ1n) is 11.8. The largest absolute Gasteiger partial charge is 0.462 e. The molecule has 0 aromatic heterocycles. The second kappa shape index (κ2) is 7.13. The zero-order valence-corrected chi connectivity index (χ0v) is 19.5. The zero-order chi connectivity index (χ0) is 23.1. The van der Waals surface area contributed by atoms with Crippen LogP contribution in [0.5, 0.6) is 0 Å². The molecule has 4 bridgehead atoms. The van der Waals surface area contributed by atoms with Crippen molar-refractivity contribution in [3.8, 4) is 0 Å². The van der Waals surface area contributed by atoms with Crippen molar-refractivity contribution in [2.24, 2.45) is 34.0 Å². The topological polar surface area (TPSA) is 88.1 Å². The molecule has 1 spiro atoms. The van der Waals surface area contributed by atoms with Crippen LogP contribution >= 0.6 is 0 Å². The standard InChI is InChI=1S/C25H34O7/c1-13-16-9-17(31-14(2)26)20-24-8-6-7-23(4,11-30-12-24)18(24)10-19(29-5)25(20,21(13)28)22(16)32-15(3)27/h16-20,22H,1,6-12H2,2-5H3/t16-,17-,18+,19-,20-,22+,23-,24-,25?/m0/s1. The van der Waals surface area contributed by atoms with Gasteiger partial charge < -0.3 is 18.9 Å². The first-order valence-corrected chi connectivity index (χ1v) is 11.8.